The highest BCUT2D eigenvalue weighted by molar-refractivity contribution is 7.99. The third kappa shape index (κ3) is 9.12. The summed E-state index contributed by atoms with van der Waals surface area (Å²) < 4.78 is 0. The van der Waals surface area contributed by atoms with Crippen LogP contribution in [0.15, 0.2) is 66.7 Å². The molecule has 1 N–H and O–H groups in total. The Morgan fingerprint density at radius 1 is 0.892 bits per heavy atom. The van der Waals surface area contributed by atoms with Crippen LogP contribution in [0.25, 0.3) is 0 Å². The zero-order chi connectivity index (χ0) is 26.8. The standard InChI is InChI=1S/C28H28Cl4N2O2S/c1-2-12-33-28(36)26(13-19-6-4-3-5-7-19)34(16-20-8-10-22(29)14-24(20)31)27(35)18-37-17-21-9-11-23(30)15-25(21)32/h3-11,14-15,26H,2,12-13,16-18H2,1H3,(H,33,36)/t26-/m0/s1. The average molecular weight is 598 g/mol. The minimum Gasteiger partial charge on any atom is -0.354 e. The Bertz CT molecular complexity index is 1210. The zero-order valence-electron chi connectivity index (χ0n) is 20.4. The van der Waals surface area contributed by atoms with Gasteiger partial charge in [0.1, 0.15) is 6.04 Å². The lowest BCUT2D eigenvalue weighted by molar-refractivity contribution is -0.139. The number of amides is 2. The van der Waals surface area contributed by atoms with Crippen molar-refractivity contribution in [3.05, 3.63) is 104 Å². The normalized spacial score (nSPS) is 11.7. The molecule has 0 fully saturated rings. The van der Waals surface area contributed by atoms with Gasteiger partial charge in [0.2, 0.25) is 11.8 Å². The predicted octanol–water partition coefficient (Wildman–Crippen LogP) is 7.70. The molecule has 0 aromatic heterocycles. The third-order valence-electron chi connectivity index (χ3n) is 5.67. The molecule has 0 heterocycles. The fraction of sp³-hybridized carbons (Fsp3) is 0.286. The highest BCUT2D eigenvalue weighted by Gasteiger charge is 2.30. The molecule has 4 nitrogen and oxygen atoms in total. The first-order chi connectivity index (χ1) is 17.8. The number of nitrogens with one attached hydrogen (secondary N) is 1. The van der Waals surface area contributed by atoms with E-state index in [-0.39, 0.29) is 24.1 Å². The molecule has 0 aliphatic rings. The summed E-state index contributed by atoms with van der Waals surface area (Å²) in [6, 6.07) is 19.4. The maximum atomic E-state index is 13.7. The summed E-state index contributed by atoms with van der Waals surface area (Å²) in [5, 5.41) is 5.03. The fourth-order valence-electron chi connectivity index (χ4n) is 3.72. The summed E-state index contributed by atoms with van der Waals surface area (Å²) in [7, 11) is 0. The van der Waals surface area contributed by atoms with Crippen LogP contribution in [0.1, 0.15) is 30.0 Å². The molecule has 0 saturated heterocycles. The van der Waals surface area contributed by atoms with Gasteiger partial charge in [-0.2, -0.15) is 0 Å². The summed E-state index contributed by atoms with van der Waals surface area (Å²) >= 11 is 26.3. The summed E-state index contributed by atoms with van der Waals surface area (Å²) in [6.45, 7) is 2.69. The molecule has 0 spiro atoms. The van der Waals surface area contributed by atoms with Crippen molar-refractivity contribution in [3.63, 3.8) is 0 Å². The van der Waals surface area contributed by atoms with Crippen molar-refractivity contribution in [2.24, 2.45) is 0 Å². The number of hydrogen-bond acceptors (Lipinski definition) is 3. The van der Waals surface area contributed by atoms with E-state index >= 15 is 0 Å². The quantitative estimate of drug-likeness (QED) is 0.233. The summed E-state index contributed by atoms with van der Waals surface area (Å²) in [6.07, 6.45) is 1.17. The van der Waals surface area contributed by atoms with Crippen molar-refractivity contribution < 1.29 is 9.59 Å². The van der Waals surface area contributed by atoms with Crippen LogP contribution in [-0.2, 0) is 28.3 Å². The molecule has 0 bridgehead atoms. The van der Waals surface area contributed by atoms with Gasteiger partial charge in [0.15, 0.2) is 0 Å². The molecule has 0 aliphatic heterocycles. The van der Waals surface area contributed by atoms with Crippen molar-refractivity contribution in [1.29, 1.82) is 0 Å². The molecule has 9 heteroatoms. The van der Waals surface area contributed by atoms with Gasteiger partial charge in [0.05, 0.1) is 5.75 Å². The second-order valence-electron chi connectivity index (χ2n) is 8.48. The van der Waals surface area contributed by atoms with Gasteiger partial charge in [0.25, 0.3) is 0 Å². The van der Waals surface area contributed by atoms with E-state index in [1.807, 2.05) is 43.3 Å². The van der Waals surface area contributed by atoms with Crippen molar-refractivity contribution in [2.45, 2.75) is 38.1 Å². The van der Waals surface area contributed by atoms with Gasteiger partial charge in [-0.05, 0) is 47.4 Å². The Balaban J connectivity index is 1.87. The number of carbonyl (C=O) groups excluding carboxylic acids is 2. The lowest BCUT2D eigenvalue weighted by atomic mass is 10.0. The Hall–Kier alpha value is -1.89. The number of nitrogens with zero attached hydrogens (tertiary/aromatic N) is 1. The van der Waals surface area contributed by atoms with E-state index in [1.54, 1.807) is 35.2 Å². The molecule has 37 heavy (non-hydrogen) atoms. The first-order valence-electron chi connectivity index (χ1n) is 11.8. The zero-order valence-corrected chi connectivity index (χ0v) is 24.2. The molecule has 0 unspecified atom stereocenters. The van der Waals surface area contributed by atoms with E-state index in [1.165, 1.54) is 11.8 Å². The molecule has 0 saturated carbocycles. The predicted molar refractivity (Wildman–Crippen MR) is 157 cm³/mol. The molecule has 3 aromatic rings. The van der Waals surface area contributed by atoms with Gasteiger partial charge < -0.3 is 10.2 Å². The fourth-order valence-corrected chi connectivity index (χ4v) is 5.66. The van der Waals surface area contributed by atoms with Crippen molar-refractivity contribution in [1.82, 2.24) is 10.2 Å². The molecular weight excluding hydrogens is 570 g/mol. The molecular formula is C28H28Cl4N2O2S. The largest absolute Gasteiger partial charge is 0.354 e. The van der Waals surface area contributed by atoms with Gasteiger partial charge in [-0.15, -0.1) is 11.8 Å². The van der Waals surface area contributed by atoms with Crippen LogP contribution in [0.4, 0.5) is 0 Å². The number of carbonyl (C=O) groups is 2. The molecule has 196 valence electrons. The maximum Gasteiger partial charge on any atom is 0.243 e. The lowest BCUT2D eigenvalue weighted by Gasteiger charge is -2.32. The molecule has 2 amide bonds. The van der Waals surface area contributed by atoms with Crippen molar-refractivity contribution in [3.8, 4) is 0 Å². The minimum atomic E-state index is -0.715. The smallest absolute Gasteiger partial charge is 0.243 e. The molecule has 0 radical (unpaired) electrons. The Morgan fingerprint density at radius 3 is 2.11 bits per heavy atom. The van der Waals surface area contributed by atoms with Gasteiger partial charge in [-0.3, -0.25) is 9.59 Å². The summed E-state index contributed by atoms with van der Waals surface area (Å²) in [5.41, 5.74) is 2.56. The van der Waals surface area contributed by atoms with E-state index in [0.29, 0.717) is 44.4 Å². The van der Waals surface area contributed by atoms with Crippen LogP contribution in [0.3, 0.4) is 0 Å². The molecule has 3 rings (SSSR count). The monoisotopic (exact) mass is 596 g/mol. The van der Waals surface area contributed by atoms with Crippen LogP contribution in [-0.4, -0.2) is 35.1 Å². The van der Waals surface area contributed by atoms with Crippen molar-refractivity contribution >= 4 is 70.0 Å². The number of hydrogen-bond donors (Lipinski definition) is 1. The van der Waals surface area contributed by atoms with E-state index in [4.69, 9.17) is 46.4 Å². The van der Waals surface area contributed by atoms with Gasteiger partial charge >= 0.3 is 0 Å². The first kappa shape index (κ1) is 29.7. The lowest BCUT2D eigenvalue weighted by Crippen LogP contribution is -2.51. The number of benzene rings is 3. The van der Waals surface area contributed by atoms with E-state index in [2.05, 4.69) is 5.32 Å². The van der Waals surface area contributed by atoms with Gasteiger partial charge in [0, 0.05) is 45.4 Å². The van der Waals surface area contributed by atoms with Gasteiger partial charge in [-0.25, -0.2) is 0 Å². The second-order valence-corrected chi connectivity index (χ2v) is 11.2. The van der Waals surface area contributed by atoms with E-state index < -0.39 is 6.04 Å². The van der Waals surface area contributed by atoms with Crippen LogP contribution in [0.5, 0.6) is 0 Å². The topological polar surface area (TPSA) is 49.4 Å². The van der Waals surface area contributed by atoms with E-state index in [9.17, 15) is 9.59 Å². The third-order valence-corrected chi connectivity index (χ3v) is 7.81. The average Bonchev–Trinajstić information content (AvgIpc) is 2.87. The highest BCUT2D eigenvalue weighted by atomic mass is 35.5. The minimum absolute atomic E-state index is 0.163. The summed E-state index contributed by atoms with van der Waals surface area (Å²) in [4.78, 5) is 28.6. The van der Waals surface area contributed by atoms with Crippen LogP contribution >= 0.6 is 58.2 Å². The van der Waals surface area contributed by atoms with Crippen LogP contribution in [0.2, 0.25) is 20.1 Å². The number of rotatable bonds is 12. The van der Waals surface area contributed by atoms with Crippen LogP contribution < -0.4 is 5.32 Å². The SMILES string of the molecule is CCCNC(=O)[C@H](Cc1ccccc1)N(Cc1ccc(Cl)cc1Cl)C(=O)CSCc1ccc(Cl)cc1Cl. The first-order valence-corrected chi connectivity index (χ1v) is 14.5. The second kappa shape index (κ2) is 14.9. The molecule has 0 aliphatic carbocycles. The Labute approximate surface area is 242 Å². The van der Waals surface area contributed by atoms with E-state index in [0.717, 1.165) is 17.5 Å². The maximum absolute atomic E-state index is 13.7. The number of thioether (sulfide) groups is 1. The summed E-state index contributed by atoms with van der Waals surface area (Å²) in [5.74, 6) is 0.322. The Morgan fingerprint density at radius 2 is 1.51 bits per heavy atom. The molecule has 3 aromatic carbocycles. The van der Waals surface area contributed by atoms with Crippen LogP contribution in [0, 0.1) is 0 Å². The van der Waals surface area contributed by atoms with Gasteiger partial charge in [-0.1, -0.05) is 95.8 Å². The highest BCUT2D eigenvalue weighted by Crippen LogP contribution is 2.27. The molecule has 1 atom stereocenters. The van der Waals surface area contributed by atoms with Crippen molar-refractivity contribution in [2.75, 3.05) is 12.3 Å². The number of halogens is 4. The Kier molecular flexibility index (Phi) is 11.9.